The fraction of sp³-hybridized carbons (Fsp3) is 0.333. The van der Waals surface area contributed by atoms with Gasteiger partial charge in [0, 0.05) is 23.3 Å². The van der Waals surface area contributed by atoms with E-state index in [0.717, 1.165) is 17.7 Å². The summed E-state index contributed by atoms with van der Waals surface area (Å²) in [5, 5.41) is 5.19. The first kappa shape index (κ1) is 26.8. The monoisotopic (exact) mass is 571 g/mol. The van der Waals surface area contributed by atoms with Crippen molar-refractivity contribution in [1.29, 1.82) is 0 Å². The standard InChI is InChI=1S/C24H24Cl3N3O5S/c1-3-34-24(31)14-30-21-6-4-5-20(17(21)13-28-30)29(2)36(32,33)16-8-10-23(19(27)12-16)35-22-9-7-15(25)11-18(22)26/h7-13,20H,3-6,14H2,1-2H3. The van der Waals surface area contributed by atoms with Crippen LogP contribution in [0.2, 0.25) is 15.1 Å². The van der Waals surface area contributed by atoms with Crippen LogP contribution in [0.1, 0.15) is 37.1 Å². The van der Waals surface area contributed by atoms with Crippen molar-refractivity contribution < 1.29 is 22.7 Å². The van der Waals surface area contributed by atoms with Crippen molar-refractivity contribution in [2.45, 2.75) is 43.7 Å². The van der Waals surface area contributed by atoms with Crippen molar-refractivity contribution in [1.82, 2.24) is 14.1 Å². The minimum absolute atomic E-state index is 0.0128. The zero-order valence-corrected chi connectivity index (χ0v) is 22.7. The van der Waals surface area contributed by atoms with E-state index in [0.29, 0.717) is 28.6 Å². The van der Waals surface area contributed by atoms with Crippen molar-refractivity contribution in [3.8, 4) is 11.5 Å². The fourth-order valence-electron chi connectivity index (χ4n) is 4.17. The third-order valence-electron chi connectivity index (χ3n) is 5.95. The van der Waals surface area contributed by atoms with Gasteiger partial charge in [0.05, 0.1) is 33.8 Å². The van der Waals surface area contributed by atoms with Crippen molar-refractivity contribution in [2.75, 3.05) is 13.7 Å². The van der Waals surface area contributed by atoms with E-state index in [1.807, 2.05) is 0 Å². The van der Waals surface area contributed by atoms with E-state index in [-0.39, 0.29) is 34.8 Å². The maximum atomic E-state index is 13.5. The van der Waals surface area contributed by atoms with Crippen LogP contribution in [0.5, 0.6) is 11.5 Å². The molecule has 2 aromatic carbocycles. The molecule has 192 valence electrons. The number of ether oxygens (including phenoxy) is 2. The highest BCUT2D eigenvalue weighted by Crippen LogP contribution is 2.39. The first-order valence-electron chi connectivity index (χ1n) is 11.2. The smallest absolute Gasteiger partial charge is 0.327 e. The molecule has 0 N–H and O–H groups in total. The Morgan fingerprint density at radius 1 is 1.14 bits per heavy atom. The average Bonchev–Trinajstić information content (AvgIpc) is 3.24. The van der Waals surface area contributed by atoms with Gasteiger partial charge in [-0.25, -0.2) is 8.42 Å². The maximum absolute atomic E-state index is 13.5. The van der Waals surface area contributed by atoms with Crippen molar-refractivity contribution in [3.05, 3.63) is 68.9 Å². The number of esters is 1. The van der Waals surface area contributed by atoms with E-state index in [9.17, 15) is 13.2 Å². The lowest BCUT2D eigenvalue weighted by molar-refractivity contribution is -0.144. The molecule has 0 saturated heterocycles. The van der Waals surface area contributed by atoms with Gasteiger partial charge in [0.15, 0.2) is 0 Å². The lowest BCUT2D eigenvalue weighted by Gasteiger charge is -2.31. The number of carbonyl (C=O) groups is 1. The third-order valence-corrected chi connectivity index (χ3v) is 8.64. The number of nitrogens with zero attached hydrogens (tertiary/aromatic N) is 3. The van der Waals surface area contributed by atoms with Crippen LogP contribution in [-0.2, 0) is 32.5 Å². The summed E-state index contributed by atoms with van der Waals surface area (Å²) >= 11 is 18.5. The Morgan fingerprint density at radius 3 is 2.50 bits per heavy atom. The van der Waals surface area contributed by atoms with E-state index in [4.69, 9.17) is 44.3 Å². The summed E-state index contributed by atoms with van der Waals surface area (Å²) < 4.78 is 40.7. The van der Waals surface area contributed by atoms with Gasteiger partial charge in [0.1, 0.15) is 18.0 Å². The molecule has 0 saturated carbocycles. The number of fused-ring (bicyclic) bond motifs is 1. The Hall–Kier alpha value is -2.30. The first-order valence-corrected chi connectivity index (χ1v) is 13.8. The van der Waals surface area contributed by atoms with Gasteiger partial charge < -0.3 is 9.47 Å². The molecule has 1 heterocycles. The van der Waals surface area contributed by atoms with E-state index >= 15 is 0 Å². The van der Waals surface area contributed by atoms with Gasteiger partial charge in [-0.2, -0.15) is 9.40 Å². The van der Waals surface area contributed by atoms with Crippen LogP contribution in [0.25, 0.3) is 0 Å². The number of aromatic nitrogens is 2. The molecule has 4 rings (SSSR count). The number of sulfonamides is 1. The number of rotatable bonds is 8. The lowest BCUT2D eigenvalue weighted by atomic mass is 9.93. The van der Waals surface area contributed by atoms with Crippen molar-refractivity contribution >= 4 is 50.8 Å². The molecule has 1 unspecified atom stereocenters. The van der Waals surface area contributed by atoms with Gasteiger partial charge in [-0.3, -0.25) is 9.48 Å². The summed E-state index contributed by atoms with van der Waals surface area (Å²) in [6.07, 6.45) is 3.70. The Labute approximate surface area is 224 Å². The molecule has 8 nitrogen and oxygen atoms in total. The molecular weight excluding hydrogens is 549 g/mol. The van der Waals surface area contributed by atoms with Crippen LogP contribution in [0.15, 0.2) is 47.5 Å². The highest BCUT2D eigenvalue weighted by molar-refractivity contribution is 7.89. The zero-order chi connectivity index (χ0) is 26.0. The predicted molar refractivity (Wildman–Crippen MR) is 137 cm³/mol. The summed E-state index contributed by atoms with van der Waals surface area (Å²) in [5.41, 5.74) is 1.61. The SMILES string of the molecule is CCOC(=O)Cn1ncc2c1CCCC2N(C)S(=O)(=O)c1ccc(Oc2ccc(Cl)cc2Cl)c(Cl)c1. The van der Waals surface area contributed by atoms with Crippen LogP contribution >= 0.6 is 34.8 Å². The van der Waals surface area contributed by atoms with Crippen LogP contribution in [0, 0.1) is 0 Å². The predicted octanol–water partition coefficient (Wildman–Crippen LogP) is 5.90. The second-order valence-corrected chi connectivity index (χ2v) is 11.5. The molecule has 0 aliphatic heterocycles. The number of hydrogen-bond acceptors (Lipinski definition) is 6. The summed E-state index contributed by atoms with van der Waals surface area (Å²) in [5.74, 6) is 0.205. The van der Waals surface area contributed by atoms with Gasteiger partial charge in [-0.05, 0) is 62.6 Å². The highest BCUT2D eigenvalue weighted by Gasteiger charge is 2.34. The Balaban J connectivity index is 1.57. The molecule has 12 heteroatoms. The molecule has 3 aromatic rings. The first-order chi connectivity index (χ1) is 17.1. The van der Waals surface area contributed by atoms with Gasteiger partial charge in [0.2, 0.25) is 10.0 Å². The summed E-state index contributed by atoms with van der Waals surface area (Å²) in [6.45, 7) is 2.01. The minimum Gasteiger partial charge on any atom is -0.465 e. The maximum Gasteiger partial charge on any atom is 0.327 e. The molecular formula is C24H24Cl3N3O5S. The second-order valence-electron chi connectivity index (χ2n) is 8.21. The van der Waals surface area contributed by atoms with Crippen LogP contribution < -0.4 is 4.74 Å². The fourth-order valence-corrected chi connectivity index (χ4v) is 6.30. The van der Waals surface area contributed by atoms with Crippen LogP contribution in [0.4, 0.5) is 0 Å². The van der Waals surface area contributed by atoms with Crippen LogP contribution in [0.3, 0.4) is 0 Å². The molecule has 0 amide bonds. The molecule has 1 aliphatic rings. The molecule has 0 bridgehead atoms. The van der Waals surface area contributed by atoms with Crippen LogP contribution in [-0.4, -0.2) is 42.1 Å². The quantitative estimate of drug-likeness (QED) is 0.312. The molecule has 0 radical (unpaired) electrons. The Bertz CT molecular complexity index is 1390. The van der Waals surface area contributed by atoms with E-state index in [1.165, 1.54) is 35.6 Å². The normalized spacial score (nSPS) is 15.6. The lowest BCUT2D eigenvalue weighted by Crippen LogP contribution is -2.33. The van der Waals surface area contributed by atoms with Crippen molar-refractivity contribution in [3.63, 3.8) is 0 Å². The Kier molecular flexibility index (Phi) is 8.16. The van der Waals surface area contributed by atoms with Gasteiger partial charge in [-0.15, -0.1) is 0 Å². The molecule has 36 heavy (non-hydrogen) atoms. The summed E-state index contributed by atoms with van der Waals surface area (Å²) in [7, 11) is -2.38. The number of benzene rings is 2. The van der Waals surface area contributed by atoms with E-state index in [2.05, 4.69) is 5.10 Å². The highest BCUT2D eigenvalue weighted by atomic mass is 35.5. The van der Waals surface area contributed by atoms with Gasteiger partial charge in [-0.1, -0.05) is 34.8 Å². The van der Waals surface area contributed by atoms with Crippen molar-refractivity contribution in [2.24, 2.45) is 0 Å². The summed E-state index contributed by atoms with van der Waals surface area (Å²) in [4.78, 5) is 12.0. The zero-order valence-electron chi connectivity index (χ0n) is 19.6. The molecule has 1 aromatic heterocycles. The molecule has 0 fully saturated rings. The largest absolute Gasteiger partial charge is 0.465 e. The molecule has 1 aliphatic carbocycles. The minimum atomic E-state index is -3.91. The average molecular weight is 573 g/mol. The number of halogens is 3. The van der Waals surface area contributed by atoms with Gasteiger partial charge >= 0.3 is 5.97 Å². The number of hydrogen-bond donors (Lipinski definition) is 0. The topological polar surface area (TPSA) is 90.7 Å². The number of carbonyl (C=O) groups excluding carboxylic acids is 1. The third kappa shape index (κ3) is 5.50. The Morgan fingerprint density at radius 2 is 1.83 bits per heavy atom. The molecule has 0 spiro atoms. The van der Waals surface area contributed by atoms with E-state index in [1.54, 1.807) is 29.9 Å². The van der Waals surface area contributed by atoms with E-state index < -0.39 is 16.1 Å². The molecule has 1 atom stereocenters. The summed E-state index contributed by atoms with van der Waals surface area (Å²) in [6, 6.07) is 8.59. The second kappa shape index (κ2) is 11.0. The van der Waals surface area contributed by atoms with Gasteiger partial charge in [0.25, 0.3) is 0 Å².